The molecule has 0 amide bonds. The zero-order chi connectivity index (χ0) is 12.5. The SMILES string of the molecule is OC[C@@H]1C[C@@H]2CON(Cc3ccccc3)[C@@H]2[C@@H]1O. The van der Waals surface area contributed by atoms with Gasteiger partial charge in [-0.15, -0.1) is 0 Å². The van der Waals surface area contributed by atoms with Gasteiger partial charge in [0.05, 0.1) is 18.8 Å². The lowest BCUT2D eigenvalue weighted by atomic mass is 10.0. The average molecular weight is 249 g/mol. The van der Waals surface area contributed by atoms with Crippen molar-refractivity contribution in [2.24, 2.45) is 11.8 Å². The third kappa shape index (κ3) is 2.06. The highest BCUT2D eigenvalue weighted by Crippen LogP contribution is 2.40. The molecule has 1 aliphatic heterocycles. The normalized spacial score (nSPS) is 35.9. The van der Waals surface area contributed by atoms with Crippen molar-refractivity contribution in [1.29, 1.82) is 0 Å². The Bertz CT molecular complexity index is 397. The fourth-order valence-corrected chi connectivity index (χ4v) is 3.17. The molecule has 1 heterocycles. The van der Waals surface area contributed by atoms with Crippen molar-refractivity contribution in [3.8, 4) is 0 Å². The molecule has 18 heavy (non-hydrogen) atoms. The minimum atomic E-state index is -0.480. The maximum atomic E-state index is 10.2. The zero-order valence-corrected chi connectivity index (χ0v) is 10.3. The first-order valence-corrected chi connectivity index (χ1v) is 6.52. The summed E-state index contributed by atoms with van der Waals surface area (Å²) < 4.78 is 0. The van der Waals surface area contributed by atoms with Gasteiger partial charge >= 0.3 is 0 Å². The number of hydroxylamine groups is 2. The highest BCUT2D eigenvalue weighted by Gasteiger charge is 2.49. The van der Waals surface area contributed by atoms with E-state index in [1.54, 1.807) is 0 Å². The number of aliphatic hydroxyl groups excluding tert-OH is 2. The maximum absolute atomic E-state index is 10.2. The van der Waals surface area contributed by atoms with E-state index in [4.69, 9.17) is 4.84 Å². The predicted molar refractivity (Wildman–Crippen MR) is 66.4 cm³/mol. The first kappa shape index (κ1) is 12.1. The lowest BCUT2D eigenvalue weighted by Gasteiger charge is -2.26. The van der Waals surface area contributed by atoms with Gasteiger partial charge in [-0.2, -0.15) is 5.06 Å². The van der Waals surface area contributed by atoms with Gasteiger partial charge < -0.3 is 10.2 Å². The highest BCUT2D eigenvalue weighted by molar-refractivity contribution is 5.15. The third-order valence-corrected chi connectivity index (χ3v) is 4.12. The van der Waals surface area contributed by atoms with Gasteiger partial charge in [-0.25, -0.2) is 0 Å². The van der Waals surface area contributed by atoms with Gasteiger partial charge in [-0.1, -0.05) is 30.3 Å². The van der Waals surface area contributed by atoms with E-state index in [0.717, 1.165) is 6.42 Å². The standard InChI is InChI=1S/C14H19NO3/c16-8-11-6-12-9-18-15(13(12)14(11)17)7-10-4-2-1-3-5-10/h1-5,11-14,16-17H,6-9H2/t11-,12+,13-,14+/m0/s1. The second-order valence-corrected chi connectivity index (χ2v) is 5.28. The fourth-order valence-electron chi connectivity index (χ4n) is 3.17. The van der Waals surface area contributed by atoms with Gasteiger partial charge in [0.1, 0.15) is 0 Å². The van der Waals surface area contributed by atoms with Crippen molar-refractivity contribution in [3.05, 3.63) is 35.9 Å². The molecule has 0 unspecified atom stereocenters. The number of benzene rings is 1. The lowest BCUT2D eigenvalue weighted by Crippen LogP contribution is -2.39. The minimum Gasteiger partial charge on any atom is -0.396 e. The predicted octanol–water partition coefficient (Wildman–Crippen LogP) is 0.792. The Morgan fingerprint density at radius 3 is 2.78 bits per heavy atom. The van der Waals surface area contributed by atoms with Gasteiger partial charge in [0.2, 0.25) is 0 Å². The molecule has 3 rings (SSSR count). The molecule has 2 aliphatic rings. The van der Waals surface area contributed by atoms with Crippen LogP contribution in [0, 0.1) is 11.8 Å². The Hall–Kier alpha value is -0.940. The summed E-state index contributed by atoms with van der Waals surface area (Å²) in [6.07, 6.45) is 0.374. The zero-order valence-electron chi connectivity index (χ0n) is 10.3. The van der Waals surface area contributed by atoms with E-state index in [2.05, 4.69) is 12.1 Å². The summed E-state index contributed by atoms with van der Waals surface area (Å²) in [5, 5.41) is 21.4. The Labute approximate surface area is 107 Å². The molecule has 0 aromatic heterocycles. The van der Waals surface area contributed by atoms with Gasteiger partial charge in [0, 0.05) is 25.0 Å². The van der Waals surface area contributed by atoms with Gasteiger partial charge in [0.25, 0.3) is 0 Å². The van der Waals surface area contributed by atoms with E-state index < -0.39 is 6.10 Å². The molecule has 1 saturated carbocycles. The number of rotatable bonds is 3. The van der Waals surface area contributed by atoms with Crippen molar-refractivity contribution < 1.29 is 15.1 Å². The molecule has 1 aromatic rings. The Balaban J connectivity index is 1.71. The number of hydrogen-bond acceptors (Lipinski definition) is 4. The molecule has 1 aromatic carbocycles. The van der Waals surface area contributed by atoms with Crippen molar-refractivity contribution in [2.75, 3.05) is 13.2 Å². The minimum absolute atomic E-state index is 0.00201. The highest BCUT2D eigenvalue weighted by atomic mass is 16.7. The molecular weight excluding hydrogens is 230 g/mol. The first-order chi connectivity index (χ1) is 8.79. The summed E-state index contributed by atoms with van der Waals surface area (Å²) in [5.41, 5.74) is 1.18. The molecule has 1 saturated heterocycles. The van der Waals surface area contributed by atoms with Crippen molar-refractivity contribution in [3.63, 3.8) is 0 Å². The molecular formula is C14H19NO3. The average Bonchev–Trinajstić information content (AvgIpc) is 2.92. The summed E-state index contributed by atoms with van der Waals surface area (Å²) in [6.45, 7) is 1.41. The van der Waals surface area contributed by atoms with Crippen LogP contribution in [0.1, 0.15) is 12.0 Å². The maximum Gasteiger partial charge on any atom is 0.0772 e. The molecule has 98 valence electrons. The van der Waals surface area contributed by atoms with E-state index in [1.807, 2.05) is 23.3 Å². The number of hydrogen-bond donors (Lipinski definition) is 2. The number of aliphatic hydroxyl groups is 2. The fraction of sp³-hybridized carbons (Fsp3) is 0.571. The third-order valence-electron chi connectivity index (χ3n) is 4.12. The Morgan fingerprint density at radius 2 is 2.06 bits per heavy atom. The molecule has 0 spiro atoms. The largest absolute Gasteiger partial charge is 0.396 e. The van der Waals surface area contributed by atoms with Crippen LogP contribution in [0.15, 0.2) is 30.3 Å². The van der Waals surface area contributed by atoms with E-state index >= 15 is 0 Å². The van der Waals surface area contributed by atoms with Crippen LogP contribution in [0.5, 0.6) is 0 Å². The second-order valence-electron chi connectivity index (χ2n) is 5.28. The quantitative estimate of drug-likeness (QED) is 0.831. The van der Waals surface area contributed by atoms with E-state index in [1.165, 1.54) is 5.56 Å². The molecule has 4 atom stereocenters. The van der Waals surface area contributed by atoms with E-state index in [0.29, 0.717) is 19.1 Å². The van der Waals surface area contributed by atoms with Gasteiger partial charge in [0.15, 0.2) is 0 Å². The molecule has 2 N–H and O–H groups in total. The van der Waals surface area contributed by atoms with E-state index in [9.17, 15) is 10.2 Å². The van der Waals surface area contributed by atoms with Crippen LogP contribution in [0.3, 0.4) is 0 Å². The van der Waals surface area contributed by atoms with Gasteiger partial charge in [-0.05, 0) is 12.0 Å². The van der Waals surface area contributed by atoms with Crippen LogP contribution in [0.2, 0.25) is 0 Å². The first-order valence-electron chi connectivity index (χ1n) is 6.52. The Morgan fingerprint density at radius 1 is 1.28 bits per heavy atom. The summed E-state index contributed by atoms with van der Waals surface area (Å²) in [5.74, 6) is 0.350. The van der Waals surface area contributed by atoms with E-state index in [-0.39, 0.29) is 18.6 Å². The van der Waals surface area contributed by atoms with Crippen molar-refractivity contribution in [2.45, 2.75) is 25.1 Å². The lowest BCUT2D eigenvalue weighted by molar-refractivity contribution is -0.162. The van der Waals surface area contributed by atoms with Crippen LogP contribution in [0.4, 0.5) is 0 Å². The second kappa shape index (κ2) is 4.97. The summed E-state index contributed by atoms with van der Waals surface area (Å²) in [7, 11) is 0. The molecule has 2 fully saturated rings. The van der Waals surface area contributed by atoms with Crippen LogP contribution < -0.4 is 0 Å². The number of nitrogens with zero attached hydrogens (tertiary/aromatic N) is 1. The summed E-state index contributed by atoms with van der Waals surface area (Å²) in [4.78, 5) is 5.68. The van der Waals surface area contributed by atoms with Crippen LogP contribution in [0.25, 0.3) is 0 Å². The van der Waals surface area contributed by atoms with Crippen molar-refractivity contribution >= 4 is 0 Å². The smallest absolute Gasteiger partial charge is 0.0772 e. The summed E-state index contributed by atoms with van der Waals surface area (Å²) in [6, 6.07) is 10.1. The molecule has 0 bridgehead atoms. The molecule has 1 aliphatic carbocycles. The molecule has 4 nitrogen and oxygen atoms in total. The summed E-state index contributed by atoms with van der Waals surface area (Å²) >= 11 is 0. The monoisotopic (exact) mass is 249 g/mol. The topological polar surface area (TPSA) is 52.9 Å². The molecule has 4 heteroatoms. The number of fused-ring (bicyclic) bond motifs is 1. The Kier molecular flexibility index (Phi) is 3.35. The molecule has 0 radical (unpaired) electrons. The van der Waals surface area contributed by atoms with Crippen LogP contribution in [-0.2, 0) is 11.4 Å². The van der Waals surface area contributed by atoms with Crippen molar-refractivity contribution in [1.82, 2.24) is 5.06 Å². The van der Waals surface area contributed by atoms with Crippen LogP contribution >= 0.6 is 0 Å². The van der Waals surface area contributed by atoms with Crippen LogP contribution in [-0.4, -0.2) is 40.6 Å². The van der Waals surface area contributed by atoms with Gasteiger partial charge in [-0.3, -0.25) is 4.84 Å².